The first-order chi connectivity index (χ1) is 11.6. The summed E-state index contributed by atoms with van der Waals surface area (Å²) in [6, 6.07) is 17.5. The fraction of sp³-hybridized carbons (Fsp3) is 0.200. The molecule has 0 aliphatic heterocycles. The number of fused-ring (bicyclic) bond motifs is 1. The summed E-state index contributed by atoms with van der Waals surface area (Å²) in [4.78, 5) is 17.8. The highest BCUT2D eigenvalue weighted by molar-refractivity contribution is 7.99. The molecule has 0 bridgehead atoms. The van der Waals surface area contributed by atoms with Crippen LogP contribution in [0.25, 0.3) is 10.9 Å². The molecule has 0 radical (unpaired) electrons. The summed E-state index contributed by atoms with van der Waals surface area (Å²) in [5, 5.41) is 1.39. The average molecular weight is 336 g/mol. The lowest BCUT2D eigenvalue weighted by molar-refractivity contribution is 0.549. The third kappa shape index (κ3) is 3.29. The molecule has 3 rings (SSSR count). The fourth-order valence-electron chi connectivity index (χ4n) is 2.64. The molecule has 122 valence electrons. The highest BCUT2D eigenvalue weighted by Crippen LogP contribution is 2.25. The van der Waals surface area contributed by atoms with Crippen molar-refractivity contribution in [3.8, 4) is 0 Å². The first-order valence-corrected chi connectivity index (χ1v) is 8.90. The molecule has 4 heteroatoms. The highest BCUT2D eigenvalue weighted by Gasteiger charge is 2.17. The normalized spacial score (nSPS) is 12.2. The summed E-state index contributed by atoms with van der Waals surface area (Å²) >= 11 is 1.56. The van der Waals surface area contributed by atoms with E-state index in [0.29, 0.717) is 5.39 Å². The Bertz CT molecular complexity index is 931. The largest absolute Gasteiger partial charge is 0.280 e. The summed E-state index contributed by atoms with van der Waals surface area (Å²) in [7, 11) is 0. The lowest BCUT2D eigenvalue weighted by Crippen LogP contribution is -2.27. The van der Waals surface area contributed by atoms with E-state index in [2.05, 4.69) is 6.58 Å². The second kappa shape index (κ2) is 7.05. The standard InChI is InChI=1S/C20H20N2OS/c1-14(2)13-24-20-21-18-12-8-7-11-17(18)19(23)22(20)15(3)16-9-5-4-6-10-16/h4-12,15H,1,13H2,2-3H3/t15-/m0/s1. The van der Waals surface area contributed by atoms with E-state index in [0.717, 1.165) is 27.6 Å². The zero-order valence-corrected chi connectivity index (χ0v) is 14.7. The average Bonchev–Trinajstić information content (AvgIpc) is 2.60. The molecule has 1 aromatic heterocycles. The van der Waals surface area contributed by atoms with Gasteiger partial charge in [-0.2, -0.15) is 0 Å². The zero-order chi connectivity index (χ0) is 17.1. The number of rotatable bonds is 5. The monoisotopic (exact) mass is 336 g/mol. The number of nitrogens with zero attached hydrogens (tertiary/aromatic N) is 2. The second-order valence-corrected chi connectivity index (χ2v) is 6.86. The number of aromatic nitrogens is 2. The predicted molar refractivity (Wildman–Crippen MR) is 102 cm³/mol. The van der Waals surface area contributed by atoms with E-state index < -0.39 is 0 Å². The van der Waals surface area contributed by atoms with Gasteiger partial charge in [-0.15, -0.1) is 0 Å². The van der Waals surface area contributed by atoms with E-state index in [1.54, 1.807) is 16.3 Å². The van der Waals surface area contributed by atoms with Crippen molar-refractivity contribution < 1.29 is 0 Å². The quantitative estimate of drug-likeness (QED) is 0.386. The third-order valence-corrected chi connectivity index (χ3v) is 5.08. The van der Waals surface area contributed by atoms with Crippen LogP contribution in [-0.4, -0.2) is 15.3 Å². The Morgan fingerprint density at radius 3 is 2.54 bits per heavy atom. The molecule has 0 N–H and O–H groups in total. The minimum Gasteiger partial charge on any atom is -0.280 e. The Morgan fingerprint density at radius 2 is 1.83 bits per heavy atom. The summed E-state index contributed by atoms with van der Waals surface area (Å²) in [5.41, 5.74) is 2.89. The van der Waals surface area contributed by atoms with Gasteiger partial charge < -0.3 is 0 Å². The van der Waals surface area contributed by atoms with Crippen LogP contribution in [0.2, 0.25) is 0 Å². The molecular formula is C20H20N2OS. The van der Waals surface area contributed by atoms with Gasteiger partial charge in [-0.05, 0) is 31.5 Å². The molecule has 0 aliphatic carbocycles. The maximum absolute atomic E-state index is 13.1. The third-order valence-electron chi connectivity index (χ3n) is 3.89. The molecule has 0 spiro atoms. The van der Waals surface area contributed by atoms with Crippen molar-refractivity contribution in [2.75, 3.05) is 5.75 Å². The van der Waals surface area contributed by atoms with Gasteiger partial charge >= 0.3 is 0 Å². The first kappa shape index (κ1) is 16.5. The molecule has 24 heavy (non-hydrogen) atoms. The maximum atomic E-state index is 13.1. The maximum Gasteiger partial charge on any atom is 0.262 e. The minimum absolute atomic E-state index is 0.00108. The van der Waals surface area contributed by atoms with Crippen molar-refractivity contribution in [3.63, 3.8) is 0 Å². The van der Waals surface area contributed by atoms with Gasteiger partial charge in [0, 0.05) is 5.75 Å². The predicted octanol–water partition coefficient (Wildman–Crippen LogP) is 4.67. The van der Waals surface area contributed by atoms with Gasteiger partial charge in [0.25, 0.3) is 5.56 Å². The molecule has 0 saturated heterocycles. The van der Waals surface area contributed by atoms with Crippen LogP contribution < -0.4 is 5.56 Å². The minimum atomic E-state index is -0.0802. The lowest BCUT2D eigenvalue weighted by Gasteiger charge is -2.20. The molecule has 3 aromatic rings. The number of hydrogen-bond donors (Lipinski definition) is 0. The van der Waals surface area contributed by atoms with Gasteiger partial charge in [0.2, 0.25) is 0 Å². The molecule has 0 amide bonds. The van der Waals surface area contributed by atoms with E-state index in [1.165, 1.54) is 0 Å². The van der Waals surface area contributed by atoms with E-state index >= 15 is 0 Å². The number of hydrogen-bond acceptors (Lipinski definition) is 3. The summed E-state index contributed by atoms with van der Waals surface area (Å²) in [5.74, 6) is 0.742. The van der Waals surface area contributed by atoms with Crippen LogP contribution in [0.3, 0.4) is 0 Å². The molecule has 3 nitrogen and oxygen atoms in total. The summed E-state index contributed by atoms with van der Waals surface area (Å²) < 4.78 is 1.80. The Balaban J connectivity index is 2.19. The Kier molecular flexibility index (Phi) is 4.86. The van der Waals surface area contributed by atoms with Gasteiger partial charge in [-0.25, -0.2) is 4.98 Å². The van der Waals surface area contributed by atoms with Crippen LogP contribution in [0.15, 0.2) is 76.7 Å². The molecule has 1 heterocycles. The van der Waals surface area contributed by atoms with Crippen molar-refractivity contribution in [2.24, 2.45) is 0 Å². The van der Waals surface area contributed by atoms with Crippen molar-refractivity contribution in [3.05, 3.63) is 82.7 Å². The van der Waals surface area contributed by atoms with Gasteiger partial charge in [0.05, 0.1) is 16.9 Å². The second-order valence-electron chi connectivity index (χ2n) is 5.92. The van der Waals surface area contributed by atoms with E-state index in [4.69, 9.17) is 4.98 Å². The molecule has 0 saturated carbocycles. The first-order valence-electron chi connectivity index (χ1n) is 7.91. The molecule has 0 fully saturated rings. The zero-order valence-electron chi connectivity index (χ0n) is 13.9. The van der Waals surface area contributed by atoms with Gasteiger partial charge in [-0.1, -0.05) is 66.4 Å². The smallest absolute Gasteiger partial charge is 0.262 e. The van der Waals surface area contributed by atoms with Crippen molar-refractivity contribution in [1.29, 1.82) is 0 Å². The molecular weight excluding hydrogens is 316 g/mol. The van der Waals surface area contributed by atoms with Crippen molar-refractivity contribution in [1.82, 2.24) is 9.55 Å². The lowest BCUT2D eigenvalue weighted by atomic mass is 10.1. The van der Waals surface area contributed by atoms with Crippen LogP contribution >= 0.6 is 11.8 Å². The van der Waals surface area contributed by atoms with E-state index in [1.807, 2.05) is 68.4 Å². The van der Waals surface area contributed by atoms with Crippen LogP contribution in [0.5, 0.6) is 0 Å². The SMILES string of the molecule is C=C(C)CSc1nc2ccccc2c(=O)n1[C@@H](C)c1ccccc1. The topological polar surface area (TPSA) is 34.9 Å². The van der Waals surface area contributed by atoms with E-state index in [-0.39, 0.29) is 11.6 Å². The molecule has 0 unspecified atom stereocenters. The van der Waals surface area contributed by atoms with Crippen molar-refractivity contribution in [2.45, 2.75) is 25.0 Å². The van der Waals surface area contributed by atoms with Gasteiger partial charge in [0.15, 0.2) is 5.16 Å². The van der Waals surface area contributed by atoms with Crippen LogP contribution in [-0.2, 0) is 0 Å². The summed E-state index contributed by atoms with van der Waals surface area (Å²) in [6.07, 6.45) is 0. The fourth-order valence-corrected chi connectivity index (χ4v) is 3.56. The number of para-hydroxylation sites is 1. The molecule has 2 aromatic carbocycles. The molecule has 0 aliphatic rings. The van der Waals surface area contributed by atoms with Gasteiger partial charge in [0.1, 0.15) is 0 Å². The van der Waals surface area contributed by atoms with Crippen LogP contribution in [0.4, 0.5) is 0 Å². The van der Waals surface area contributed by atoms with E-state index in [9.17, 15) is 4.79 Å². The number of thioether (sulfide) groups is 1. The van der Waals surface area contributed by atoms with Crippen LogP contribution in [0, 0.1) is 0 Å². The van der Waals surface area contributed by atoms with Crippen molar-refractivity contribution >= 4 is 22.7 Å². The Labute approximate surface area is 146 Å². The summed E-state index contributed by atoms with van der Waals surface area (Å²) in [6.45, 7) is 7.97. The molecule has 1 atom stereocenters. The highest BCUT2D eigenvalue weighted by atomic mass is 32.2. The number of benzene rings is 2. The van der Waals surface area contributed by atoms with Gasteiger partial charge in [-0.3, -0.25) is 9.36 Å². The Hall–Kier alpha value is -2.33. The Morgan fingerprint density at radius 1 is 1.17 bits per heavy atom. The van der Waals surface area contributed by atoms with Crippen LogP contribution in [0.1, 0.15) is 25.5 Å².